The molecule has 3 atom stereocenters. The highest BCUT2D eigenvalue weighted by Crippen LogP contribution is 2.33. The molecular weight excluding hydrogens is 458 g/mol. The predicted octanol–water partition coefficient (Wildman–Crippen LogP) is 3.89. The summed E-state index contributed by atoms with van der Waals surface area (Å²) in [7, 11) is 1.80. The minimum Gasteiger partial charge on any atom is -0.490 e. The van der Waals surface area contributed by atoms with E-state index in [0.29, 0.717) is 35.9 Å². The monoisotopic (exact) mass is 497 g/mol. The number of ether oxygens (including phenoxy) is 2. The van der Waals surface area contributed by atoms with Crippen LogP contribution in [0.2, 0.25) is 0 Å². The zero-order chi connectivity index (χ0) is 25.1. The Kier molecular flexibility index (Phi) is 7.79. The lowest BCUT2D eigenvalue weighted by Gasteiger charge is -2.42. The largest absolute Gasteiger partial charge is 0.490 e. The maximum absolute atomic E-state index is 13.4. The molecule has 3 amide bonds. The summed E-state index contributed by atoms with van der Waals surface area (Å²) in [6, 6.07) is 5.12. The van der Waals surface area contributed by atoms with E-state index in [9.17, 15) is 14.4 Å². The lowest BCUT2D eigenvalue weighted by atomic mass is 9.85. The average Bonchev–Trinajstić information content (AvgIpc) is 2.85. The molecule has 1 saturated heterocycles. The van der Waals surface area contributed by atoms with Crippen molar-refractivity contribution in [2.75, 3.05) is 25.5 Å². The summed E-state index contributed by atoms with van der Waals surface area (Å²) in [6.07, 6.45) is 10.5. The lowest BCUT2D eigenvalue weighted by molar-refractivity contribution is -0.134. The summed E-state index contributed by atoms with van der Waals surface area (Å²) >= 11 is 0. The molecule has 2 saturated carbocycles. The number of fused-ring (bicyclic) bond motifs is 2. The molecule has 2 aliphatic carbocycles. The van der Waals surface area contributed by atoms with Crippen molar-refractivity contribution in [1.29, 1.82) is 0 Å². The summed E-state index contributed by atoms with van der Waals surface area (Å²) in [4.78, 5) is 40.1. The van der Waals surface area contributed by atoms with Crippen LogP contribution in [-0.2, 0) is 14.3 Å². The molecule has 5 rings (SSSR count). The molecule has 0 radical (unpaired) electrons. The van der Waals surface area contributed by atoms with E-state index in [-0.39, 0.29) is 41.9 Å². The van der Waals surface area contributed by atoms with Gasteiger partial charge in [0.25, 0.3) is 5.91 Å². The van der Waals surface area contributed by atoms with Crippen LogP contribution in [0.1, 0.15) is 81.0 Å². The number of hydrogen-bond acceptors (Lipinski definition) is 5. The van der Waals surface area contributed by atoms with Crippen LogP contribution in [0.25, 0.3) is 0 Å². The van der Waals surface area contributed by atoms with Gasteiger partial charge in [0.1, 0.15) is 18.5 Å². The first kappa shape index (κ1) is 25.1. The van der Waals surface area contributed by atoms with Crippen LogP contribution in [0.4, 0.5) is 5.69 Å². The third-order valence-electron chi connectivity index (χ3n) is 8.48. The van der Waals surface area contributed by atoms with E-state index in [1.807, 2.05) is 0 Å². The molecular formula is C28H39N3O5. The summed E-state index contributed by atoms with van der Waals surface area (Å²) in [5.41, 5.74) is 1.07. The molecule has 2 heterocycles. The van der Waals surface area contributed by atoms with E-state index >= 15 is 0 Å². The normalized spacial score (nSPS) is 27.0. The zero-order valence-corrected chi connectivity index (χ0v) is 21.3. The van der Waals surface area contributed by atoms with Crippen LogP contribution >= 0.6 is 0 Å². The number of nitrogens with one attached hydrogen (secondary N) is 2. The van der Waals surface area contributed by atoms with Crippen LogP contribution in [0, 0.1) is 11.8 Å². The molecule has 0 aromatic heterocycles. The summed E-state index contributed by atoms with van der Waals surface area (Å²) in [5, 5.41) is 6.06. The second kappa shape index (κ2) is 11.2. The number of carbonyl (C=O) groups excluding carboxylic acids is 3. The molecule has 3 fully saturated rings. The van der Waals surface area contributed by atoms with Gasteiger partial charge in [0, 0.05) is 25.2 Å². The van der Waals surface area contributed by atoms with Gasteiger partial charge in [0.15, 0.2) is 0 Å². The number of benzene rings is 1. The Morgan fingerprint density at radius 3 is 2.58 bits per heavy atom. The number of amides is 3. The zero-order valence-electron chi connectivity index (χ0n) is 21.3. The van der Waals surface area contributed by atoms with Gasteiger partial charge in [-0.25, -0.2) is 0 Å². The van der Waals surface area contributed by atoms with Gasteiger partial charge in [-0.2, -0.15) is 0 Å². The fraction of sp³-hybridized carbons (Fsp3) is 0.679. The minimum absolute atomic E-state index is 0.0170. The summed E-state index contributed by atoms with van der Waals surface area (Å²) in [5.74, 6) is 1.08. The fourth-order valence-electron chi connectivity index (χ4n) is 5.95. The second-order valence-corrected chi connectivity index (χ2v) is 11.0. The highest BCUT2D eigenvalue weighted by Gasteiger charge is 2.39. The third kappa shape index (κ3) is 5.69. The van der Waals surface area contributed by atoms with E-state index < -0.39 is 0 Å². The lowest BCUT2D eigenvalue weighted by Crippen LogP contribution is -2.54. The molecule has 1 aromatic carbocycles. The molecule has 1 aromatic rings. The fourth-order valence-corrected chi connectivity index (χ4v) is 5.95. The van der Waals surface area contributed by atoms with E-state index in [1.54, 1.807) is 30.1 Å². The van der Waals surface area contributed by atoms with Crippen LogP contribution in [0.5, 0.6) is 5.75 Å². The van der Waals surface area contributed by atoms with Crippen molar-refractivity contribution in [2.24, 2.45) is 11.8 Å². The van der Waals surface area contributed by atoms with Gasteiger partial charge in [0.05, 0.1) is 24.1 Å². The number of nitrogens with zero attached hydrogens (tertiary/aromatic N) is 1. The molecule has 0 unspecified atom stereocenters. The highest BCUT2D eigenvalue weighted by atomic mass is 16.5. The first-order chi connectivity index (χ1) is 17.5. The number of anilines is 1. The van der Waals surface area contributed by atoms with Crippen molar-refractivity contribution >= 4 is 23.4 Å². The Morgan fingerprint density at radius 1 is 1.03 bits per heavy atom. The molecule has 8 nitrogen and oxygen atoms in total. The second-order valence-electron chi connectivity index (χ2n) is 11.0. The average molecular weight is 498 g/mol. The predicted molar refractivity (Wildman–Crippen MR) is 136 cm³/mol. The van der Waals surface area contributed by atoms with Crippen molar-refractivity contribution in [2.45, 2.75) is 88.9 Å². The molecule has 2 aliphatic heterocycles. The van der Waals surface area contributed by atoms with Gasteiger partial charge < -0.3 is 25.0 Å². The number of carbonyl (C=O) groups is 3. The van der Waals surface area contributed by atoms with Gasteiger partial charge in [-0.05, 0) is 62.6 Å². The molecule has 2 N–H and O–H groups in total. The first-order valence-corrected chi connectivity index (χ1v) is 13.7. The molecule has 8 heteroatoms. The topological polar surface area (TPSA) is 97.0 Å². The Balaban J connectivity index is 1.18. The van der Waals surface area contributed by atoms with Gasteiger partial charge in [-0.15, -0.1) is 0 Å². The van der Waals surface area contributed by atoms with Gasteiger partial charge in [-0.1, -0.05) is 25.7 Å². The van der Waals surface area contributed by atoms with Gasteiger partial charge >= 0.3 is 0 Å². The minimum atomic E-state index is -0.296. The quantitative estimate of drug-likeness (QED) is 0.622. The number of hydrogen-bond donors (Lipinski definition) is 2. The van der Waals surface area contributed by atoms with E-state index in [0.717, 1.165) is 38.6 Å². The third-order valence-corrected chi connectivity index (χ3v) is 8.48. The van der Waals surface area contributed by atoms with Crippen molar-refractivity contribution in [3.63, 3.8) is 0 Å². The Labute approximate surface area is 213 Å². The van der Waals surface area contributed by atoms with Crippen LogP contribution < -0.4 is 15.4 Å². The molecule has 0 bridgehead atoms. The first-order valence-electron chi connectivity index (χ1n) is 13.7. The van der Waals surface area contributed by atoms with Crippen molar-refractivity contribution in [1.82, 2.24) is 10.2 Å². The summed E-state index contributed by atoms with van der Waals surface area (Å²) < 4.78 is 12.4. The van der Waals surface area contributed by atoms with Gasteiger partial charge in [-0.3, -0.25) is 14.4 Å². The van der Waals surface area contributed by atoms with E-state index in [1.165, 1.54) is 32.1 Å². The Bertz CT molecular complexity index is 972. The Morgan fingerprint density at radius 2 is 1.83 bits per heavy atom. The summed E-state index contributed by atoms with van der Waals surface area (Å²) in [6.45, 7) is 1.07. The van der Waals surface area contributed by atoms with Crippen molar-refractivity contribution in [3.05, 3.63) is 23.8 Å². The Hall–Kier alpha value is -2.61. The van der Waals surface area contributed by atoms with Crippen molar-refractivity contribution < 1.29 is 23.9 Å². The van der Waals surface area contributed by atoms with Crippen LogP contribution in [0.3, 0.4) is 0 Å². The molecule has 0 spiro atoms. The highest BCUT2D eigenvalue weighted by molar-refractivity contribution is 6.00. The number of rotatable bonds is 6. The maximum atomic E-state index is 13.4. The van der Waals surface area contributed by atoms with Gasteiger partial charge in [0.2, 0.25) is 11.8 Å². The van der Waals surface area contributed by atoms with Crippen LogP contribution in [0.15, 0.2) is 18.2 Å². The SMILES string of the molecule is CN1C(=O)c2cc(NC(=O)C3CCC3)ccc2OC[C@H]2O[C@@H](CC(=O)NCC3CCCCC3)CC[C@H]21. The molecule has 36 heavy (non-hydrogen) atoms. The standard InChI is InChI=1S/C28H39N3O5/c1-31-23-12-11-21(15-26(32)29-16-18-6-3-2-4-7-18)36-25(23)17-35-24-13-10-20(14-22(24)28(31)34)30-27(33)19-8-5-9-19/h10,13-14,18-19,21,23,25H,2-9,11-12,15-17H2,1H3,(H,29,32)(H,30,33)/t21-,23-,25-/m1/s1. The van der Waals surface area contributed by atoms with E-state index in [4.69, 9.17) is 9.47 Å². The maximum Gasteiger partial charge on any atom is 0.257 e. The van der Waals surface area contributed by atoms with Crippen LogP contribution in [-0.4, -0.2) is 61.1 Å². The molecule has 4 aliphatic rings. The molecule has 196 valence electrons. The smallest absolute Gasteiger partial charge is 0.257 e. The number of likely N-dealkylation sites (N-methyl/N-ethyl adjacent to an activating group) is 1. The van der Waals surface area contributed by atoms with E-state index in [2.05, 4.69) is 10.6 Å². The van der Waals surface area contributed by atoms with Crippen molar-refractivity contribution in [3.8, 4) is 5.75 Å².